The van der Waals surface area contributed by atoms with Gasteiger partial charge in [-0.1, -0.05) is 0 Å². The van der Waals surface area contributed by atoms with Crippen LogP contribution in [0.5, 0.6) is 0 Å². The first-order valence-corrected chi connectivity index (χ1v) is 6.20. The highest BCUT2D eigenvalue weighted by Crippen LogP contribution is 2.19. The molecule has 98 valence electrons. The van der Waals surface area contributed by atoms with Gasteiger partial charge in [0, 0.05) is 37.2 Å². The molecule has 1 aromatic heterocycles. The van der Waals surface area contributed by atoms with Gasteiger partial charge in [0.25, 0.3) is 0 Å². The Balaban J connectivity index is 1.97. The Morgan fingerprint density at radius 2 is 2.11 bits per heavy atom. The molecule has 0 bridgehead atoms. The van der Waals surface area contributed by atoms with E-state index in [0.717, 1.165) is 42.0 Å². The van der Waals surface area contributed by atoms with Crippen LogP contribution in [0, 0.1) is 11.6 Å². The molecule has 0 unspecified atom stereocenters. The lowest BCUT2D eigenvalue weighted by atomic mass is 10.0. The maximum atomic E-state index is 13.7. The van der Waals surface area contributed by atoms with Crippen LogP contribution in [-0.4, -0.2) is 16.5 Å². The highest BCUT2D eigenvalue weighted by Gasteiger charge is 2.16. The van der Waals surface area contributed by atoms with E-state index in [4.69, 9.17) is 0 Å². The monoisotopic (exact) mass is 261 g/mol. The smallest absolute Gasteiger partial charge is 0.126 e. The Hall–Kier alpha value is -1.88. The SMILES string of the molecule is Fc1ccc(F)c(Cc2ncnc3c2CNCC3)c1. The van der Waals surface area contributed by atoms with Gasteiger partial charge < -0.3 is 5.32 Å². The Bertz CT molecular complexity index is 614. The number of nitrogens with zero attached hydrogens (tertiary/aromatic N) is 2. The third kappa shape index (κ3) is 2.46. The quantitative estimate of drug-likeness (QED) is 0.898. The minimum Gasteiger partial charge on any atom is -0.312 e. The molecule has 19 heavy (non-hydrogen) atoms. The molecule has 0 fully saturated rings. The fourth-order valence-corrected chi connectivity index (χ4v) is 2.34. The number of rotatable bonds is 2. The minimum atomic E-state index is -0.433. The maximum absolute atomic E-state index is 13.7. The van der Waals surface area contributed by atoms with Gasteiger partial charge in [-0.25, -0.2) is 18.7 Å². The van der Waals surface area contributed by atoms with E-state index < -0.39 is 11.6 Å². The Labute approximate surface area is 109 Å². The van der Waals surface area contributed by atoms with E-state index in [1.54, 1.807) is 0 Å². The molecule has 1 aliphatic heterocycles. The van der Waals surface area contributed by atoms with E-state index in [0.29, 0.717) is 12.1 Å². The number of benzene rings is 1. The van der Waals surface area contributed by atoms with E-state index >= 15 is 0 Å². The topological polar surface area (TPSA) is 37.8 Å². The molecule has 5 heteroatoms. The number of aromatic nitrogens is 2. The molecule has 1 aromatic carbocycles. The summed E-state index contributed by atoms with van der Waals surface area (Å²) >= 11 is 0. The van der Waals surface area contributed by atoms with Gasteiger partial charge in [0.2, 0.25) is 0 Å². The second-order valence-corrected chi connectivity index (χ2v) is 4.58. The lowest BCUT2D eigenvalue weighted by Crippen LogP contribution is -2.26. The van der Waals surface area contributed by atoms with Crippen LogP contribution in [0.1, 0.15) is 22.5 Å². The van der Waals surface area contributed by atoms with E-state index in [1.165, 1.54) is 12.4 Å². The van der Waals surface area contributed by atoms with Gasteiger partial charge in [-0.15, -0.1) is 0 Å². The molecule has 1 aliphatic rings. The molecule has 1 N–H and O–H groups in total. The van der Waals surface area contributed by atoms with Crippen molar-refractivity contribution in [1.29, 1.82) is 0 Å². The Kier molecular flexibility index (Phi) is 3.21. The molecule has 0 aliphatic carbocycles. The van der Waals surface area contributed by atoms with Gasteiger partial charge in [-0.3, -0.25) is 0 Å². The first-order chi connectivity index (χ1) is 9.24. The maximum Gasteiger partial charge on any atom is 0.126 e. The molecule has 0 spiro atoms. The lowest BCUT2D eigenvalue weighted by molar-refractivity contribution is 0.584. The van der Waals surface area contributed by atoms with Crippen molar-refractivity contribution in [2.75, 3.05) is 6.54 Å². The number of hydrogen-bond acceptors (Lipinski definition) is 3. The second kappa shape index (κ2) is 5.01. The third-order valence-corrected chi connectivity index (χ3v) is 3.33. The third-order valence-electron chi connectivity index (χ3n) is 3.33. The van der Waals surface area contributed by atoms with Crippen LogP contribution < -0.4 is 5.32 Å². The molecule has 0 saturated heterocycles. The summed E-state index contributed by atoms with van der Waals surface area (Å²) in [4.78, 5) is 8.46. The number of fused-ring (bicyclic) bond motifs is 1. The van der Waals surface area contributed by atoms with Gasteiger partial charge in [0.15, 0.2) is 0 Å². The van der Waals surface area contributed by atoms with Crippen molar-refractivity contribution in [2.45, 2.75) is 19.4 Å². The molecule has 0 radical (unpaired) electrons. The summed E-state index contributed by atoms with van der Waals surface area (Å²) in [6.45, 7) is 1.57. The lowest BCUT2D eigenvalue weighted by Gasteiger charge is -2.18. The fourth-order valence-electron chi connectivity index (χ4n) is 2.34. The average Bonchev–Trinajstić information content (AvgIpc) is 2.43. The molecule has 3 nitrogen and oxygen atoms in total. The van der Waals surface area contributed by atoms with Crippen molar-refractivity contribution in [1.82, 2.24) is 15.3 Å². The zero-order valence-corrected chi connectivity index (χ0v) is 10.3. The first-order valence-electron chi connectivity index (χ1n) is 6.20. The van der Waals surface area contributed by atoms with Gasteiger partial charge >= 0.3 is 0 Å². The molecule has 0 amide bonds. The van der Waals surface area contributed by atoms with Crippen molar-refractivity contribution in [3.05, 3.63) is 58.7 Å². The predicted molar refractivity (Wildman–Crippen MR) is 66.6 cm³/mol. The van der Waals surface area contributed by atoms with E-state index in [-0.39, 0.29) is 6.42 Å². The van der Waals surface area contributed by atoms with Crippen LogP contribution in [0.25, 0.3) is 0 Å². The summed E-state index contributed by atoms with van der Waals surface area (Å²) in [6.07, 6.45) is 2.63. The van der Waals surface area contributed by atoms with Crippen molar-refractivity contribution in [3.8, 4) is 0 Å². The summed E-state index contributed by atoms with van der Waals surface area (Å²) in [5.74, 6) is -0.838. The highest BCUT2D eigenvalue weighted by molar-refractivity contribution is 5.32. The fraction of sp³-hybridized carbons (Fsp3) is 0.286. The summed E-state index contributed by atoms with van der Waals surface area (Å²) in [6, 6.07) is 3.49. The van der Waals surface area contributed by atoms with E-state index in [9.17, 15) is 8.78 Å². The average molecular weight is 261 g/mol. The number of nitrogens with one attached hydrogen (secondary N) is 1. The molecule has 2 heterocycles. The largest absolute Gasteiger partial charge is 0.312 e. The molecule has 0 saturated carbocycles. The van der Waals surface area contributed by atoms with Gasteiger partial charge in [0.05, 0.1) is 5.69 Å². The number of hydrogen-bond donors (Lipinski definition) is 1. The van der Waals surface area contributed by atoms with Crippen molar-refractivity contribution in [3.63, 3.8) is 0 Å². The van der Waals surface area contributed by atoms with Crippen LogP contribution in [0.2, 0.25) is 0 Å². The summed E-state index contributed by atoms with van der Waals surface area (Å²) < 4.78 is 26.8. The Morgan fingerprint density at radius 3 is 3.00 bits per heavy atom. The van der Waals surface area contributed by atoms with Crippen LogP contribution in [-0.2, 0) is 19.4 Å². The number of halogens is 2. The van der Waals surface area contributed by atoms with Gasteiger partial charge in [-0.2, -0.15) is 0 Å². The Morgan fingerprint density at radius 1 is 1.21 bits per heavy atom. The van der Waals surface area contributed by atoms with Crippen molar-refractivity contribution in [2.24, 2.45) is 0 Å². The van der Waals surface area contributed by atoms with Crippen LogP contribution in [0.15, 0.2) is 24.5 Å². The first kappa shape index (κ1) is 12.2. The van der Waals surface area contributed by atoms with Crippen molar-refractivity contribution >= 4 is 0 Å². The molecule has 0 atom stereocenters. The van der Waals surface area contributed by atoms with Gasteiger partial charge in [0.1, 0.15) is 18.0 Å². The van der Waals surface area contributed by atoms with Crippen LogP contribution >= 0.6 is 0 Å². The van der Waals surface area contributed by atoms with E-state index in [1.807, 2.05) is 0 Å². The van der Waals surface area contributed by atoms with Crippen molar-refractivity contribution < 1.29 is 8.78 Å². The molecular weight excluding hydrogens is 248 g/mol. The zero-order chi connectivity index (χ0) is 13.2. The molecule has 2 aromatic rings. The normalized spacial score (nSPS) is 14.2. The minimum absolute atomic E-state index is 0.288. The summed E-state index contributed by atoms with van der Waals surface area (Å²) in [5.41, 5.74) is 3.10. The molecule has 3 rings (SSSR count). The zero-order valence-electron chi connectivity index (χ0n) is 10.3. The molecular formula is C14H13F2N3. The van der Waals surface area contributed by atoms with Gasteiger partial charge in [-0.05, 0) is 23.8 Å². The standard InChI is InChI=1S/C14H13F2N3/c15-10-1-2-12(16)9(5-10)6-14-11-7-17-4-3-13(11)18-8-19-14/h1-2,5,8,17H,3-4,6-7H2. The predicted octanol–water partition coefficient (Wildman–Crippen LogP) is 1.99. The summed E-state index contributed by atoms with van der Waals surface area (Å²) in [7, 11) is 0. The highest BCUT2D eigenvalue weighted by atomic mass is 19.1. The van der Waals surface area contributed by atoms with E-state index in [2.05, 4.69) is 15.3 Å². The summed E-state index contributed by atoms with van der Waals surface area (Å²) in [5, 5.41) is 3.25. The van der Waals surface area contributed by atoms with Crippen LogP contribution in [0.4, 0.5) is 8.78 Å². The second-order valence-electron chi connectivity index (χ2n) is 4.58. The van der Waals surface area contributed by atoms with Crippen LogP contribution in [0.3, 0.4) is 0 Å².